The van der Waals surface area contributed by atoms with Gasteiger partial charge in [0.15, 0.2) is 5.82 Å². The summed E-state index contributed by atoms with van der Waals surface area (Å²) in [6, 6.07) is 2.78. The van der Waals surface area contributed by atoms with Gasteiger partial charge in [-0.25, -0.2) is 9.37 Å². The molecule has 4 rings (SSSR count). The maximum atomic E-state index is 12.9. The van der Waals surface area contributed by atoms with Crippen molar-refractivity contribution in [2.45, 2.75) is 12.5 Å². The molecular formula is C18H18FN5O3. The lowest BCUT2D eigenvalue weighted by atomic mass is 9.92. The predicted molar refractivity (Wildman–Crippen MR) is 91.9 cm³/mol. The van der Waals surface area contributed by atoms with Crippen LogP contribution in [0.5, 0.6) is 0 Å². The molecule has 2 amide bonds. The third-order valence-corrected chi connectivity index (χ3v) is 4.94. The average molecular weight is 371 g/mol. The minimum absolute atomic E-state index is 0.0631. The van der Waals surface area contributed by atoms with Crippen molar-refractivity contribution >= 4 is 17.6 Å². The van der Waals surface area contributed by atoms with E-state index in [1.165, 1.54) is 30.7 Å². The monoisotopic (exact) mass is 371 g/mol. The van der Waals surface area contributed by atoms with E-state index in [4.69, 9.17) is 4.74 Å². The fourth-order valence-corrected chi connectivity index (χ4v) is 3.55. The predicted octanol–water partition coefficient (Wildman–Crippen LogP) is 0.665. The van der Waals surface area contributed by atoms with E-state index in [1.54, 1.807) is 4.90 Å². The van der Waals surface area contributed by atoms with Crippen molar-refractivity contribution < 1.29 is 18.7 Å². The highest BCUT2D eigenvalue weighted by Crippen LogP contribution is 2.34. The van der Waals surface area contributed by atoms with E-state index >= 15 is 0 Å². The number of halogens is 1. The lowest BCUT2D eigenvalue weighted by molar-refractivity contribution is -0.131. The molecule has 0 aromatic carbocycles. The summed E-state index contributed by atoms with van der Waals surface area (Å²) in [5, 5.41) is 2.74. The second-order valence-electron chi connectivity index (χ2n) is 6.67. The molecule has 0 saturated carbocycles. The van der Waals surface area contributed by atoms with Crippen LogP contribution in [0.3, 0.4) is 0 Å². The van der Waals surface area contributed by atoms with E-state index in [1.807, 2.05) is 0 Å². The number of amides is 2. The molecule has 2 aromatic rings. The normalized spacial score (nSPS) is 23.9. The van der Waals surface area contributed by atoms with Crippen LogP contribution >= 0.6 is 0 Å². The van der Waals surface area contributed by atoms with E-state index in [9.17, 15) is 14.0 Å². The molecule has 3 atom stereocenters. The zero-order valence-corrected chi connectivity index (χ0v) is 14.4. The van der Waals surface area contributed by atoms with Gasteiger partial charge in [0.1, 0.15) is 5.82 Å². The van der Waals surface area contributed by atoms with Crippen LogP contribution < -0.4 is 5.32 Å². The van der Waals surface area contributed by atoms with E-state index in [0.717, 1.165) is 6.20 Å². The highest BCUT2D eigenvalue weighted by Gasteiger charge is 2.48. The van der Waals surface area contributed by atoms with Gasteiger partial charge in [0.25, 0.3) is 0 Å². The second-order valence-corrected chi connectivity index (χ2v) is 6.67. The van der Waals surface area contributed by atoms with Gasteiger partial charge in [0.05, 0.1) is 37.4 Å². The summed E-state index contributed by atoms with van der Waals surface area (Å²) in [4.78, 5) is 38.6. The Morgan fingerprint density at radius 3 is 2.85 bits per heavy atom. The first-order valence-electron chi connectivity index (χ1n) is 8.67. The van der Waals surface area contributed by atoms with Crippen LogP contribution in [-0.4, -0.2) is 57.5 Å². The Balaban J connectivity index is 1.37. The molecule has 140 valence electrons. The summed E-state index contributed by atoms with van der Waals surface area (Å²) in [5.41, 5.74) is 0.510. The molecule has 2 aromatic heterocycles. The summed E-state index contributed by atoms with van der Waals surface area (Å²) in [6.45, 7) is 1.21. The lowest BCUT2D eigenvalue weighted by Crippen LogP contribution is -2.35. The first-order valence-corrected chi connectivity index (χ1v) is 8.67. The smallest absolute Gasteiger partial charge is 0.231 e. The van der Waals surface area contributed by atoms with Crippen molar-refractivity contribution in [2.75, 3.05) is 25.0 Å². The number of rotatable bonds is 4. The molecular weight excluding hydrogens is 353 g/mol. The largest absolute Gasteiger partial charge is 0.375 e. The minimum Gasteiger partial charge on any atom is -0.375 e. The molecule has 0 bridgehead atoms. The van der Waals surface area contributed by atoms with Crippen molar-refractivity contribution in [1.29, 1.82) is 0 Å². The van der Waals surface area contributed by atoms with Crippen LogP contribution in [0.2, 0.25) is 0 Å². The molecule has 0 spiro atoms. The molecule has 2 aliphatic heterocycles. The molecule has 2 fully saturated rings. The van der Waals surface area contributed by atoms with Crippen LogP contribution in [-0.2, 0) is 20.7 Å². The van der Waals surface area contributed by atoms with Crippen molar-refractivity contribution in [2.24, 2.45) is 11.8 Å². The summed E-state index contributed by atoms with van der Waals surface area (Å²) < 4.78 is 18.7. The van der Waals surface area contributed by atoms with Crippen LogP contribution in [0.25, 0.3) is 0 Å². The lowest BCUT2D eigenvalue weighted by Gasteiger charge is -2.19. The third kappa shape index (κ3) is 3.77. The van der Waals surface area contributed by atoms with Crippen molar-refractivity contribution in [3.05, 3.63) is 48.4 Å². The third-order valence-electron chi connectivity index (χ3n) is 4.94. The van der Waals surface area contributed by atoms with Gasteiger partial charge in [-0.05, 0) is 12.1 Å². The van der Waals surface area contributed by atoms with Gasteiger partial charge in [-0.1, -0.05) is 0 Å². The van der Waals surface area contributed by atoms with E-state index in [-0.39, 0.29) is 36.2 Å². The SMILES string of the molecule is O=C(Nc1cnccn1)[C@H]1CO[C@@H]2CN(C(=O)Cc3ccc(F)cn3)C[C@H]12. The van der Waals surface area contributed by atoms with Gasteiger partial charge in [0.2, 0.25) is 11.8 Å². The number of likely N-dealkylation sites (tertiary alicyclic amines) is 1. The molecule has 8 nitrogen and oxygen atoms in total. The average Bonchev–Trinajstić information content (AvgIpc) is 3.25. The van der Waals surface area contributed by atoms with E-state index in [0.29, 0.717) is 31.2 Å². The molecule has 2 aliphatic rings. The summed E-state index contributed by atoms with van der Waals surface area (Å²) >= 11 is 0. The molecule has 1 N–H and O–H groups in total. The van der Waals surface area contributed by atoms with E-state index in [2.05, 4.69) is 20.3 Å². The van der Waals surface area contributed by atoms with Crippen LogP contribution in [0.4, 0.5) is 10.2 Å². The molecule has 0 unspecified atom stereocenters. The van der Waals surface area contributed by atoms with Gasteiger partial charge in [-0.3, -0.25) is 19.6 Å². The van der Waals surface area contributed by atoms with Gasteiger partial charge < -0.3 is 15.0 Å². The quantitative estimate of drug-likeness (QED) is 0.848. The minimum atomic E-state index is -0.438. The van der Waals surface area contributed by atoms with Gasteiger partial charge >= 0.3 is 0 Å². The molecule has 0 aliphatic carbocycles. The number of pyridine rings is 1. The number of nitrogens with zero attached hydrogens (tertiary/aromatic N) is 4. The maximum Gasteiger partial charge on any atom is 0.231 e. The molecule has 2 saturated heterocycles. The standard InChI is InChI=1S/C18H18FN5O3/c19-11-1-2-12(22-6-11)5-17(25)24-8-13-14(10-27-15(13)9-24)18(26)23-16-7-20-3-4-21-16/h1-4,6-7,13-15H,5,8-10H2,(H,21,23,26)/t13-,14+,15-/m1/s1. The fourth-order valence-electron chi connectivity index (χ4n) is 3.55. The number of ether oxygens (including phenoxy) is 1. The highest BCUT2D eigenvalue weighted by molar-refractivity contribution is 5.92. The van der Waals surface area contributed by atoms with E-state index < -0.39 is 5.82 Å². The molecule has 27 heavy (non-hydrogen) atoms. The topological polar surface area (TPSA) is 97.3 Å². The Labute approximate surface area is 154 Å². The van der Waals surface area contributed by atoms with Crippen molar-refractivity contribution in [1.82, 2.24) is 19.9 Å². The summed E-state index contributed by atoms with van der Waals surface area (Å²) in [6.07, 6.45) is 5.54. The highest BCUT2D eigenvalue weighted by atomic mass is 19.1. The van der Waals surface area contributed by atoms with Crippen LogP contribution in [0.15, 0.2) is 36.9 Å². The maximum absolute atomic E-state index is 12.9. The Morgan fingerprint density at radius 2 is 2.11 bits per heavy atom. The Morgan fingerprint density at radius 1 is 1.22 bits per heavy atom. The van der Waals surface area contributed by atoms with Crippen LogP contribution in [0, 0.1) is 17.7 Å². The Bertz CT molecular complexity index is 833. The molecule has 0 radical (unpaired) electrons. The molecule has 9 heteroatoms. The number of fused-ring (bicyclic) bond motifs is 1. The van der Waals surface area contributed by atoms with Crippen molar-refractivity contribution in [3.8, 4) is 0 Å². The zero-order chi connectivity index (χ0) is 18.8. The summed E-state index contributed by atoms with van der Waals surface area (Å²) in [5.74, 6) is -0.755. The Kier molecular flexibility index (Phi) is 4.76. The zero-order valence-electron chi connectivity index (χ0n) is 14.4. The van der Waals surface area contributed by atoms with Crippen LogP contribution in [0.1, 0.15) is 5.69 Å². The second kappa shape index (κ2) is 7.36. The number of hydrogen-bond acceptors (Lipinski definition) is 6. The van der Waals surface area contributed by atoms with Gasteiger partial charge in [-0.15, -0.1) is 0 Å². The number of aromatic nitrogens is 3. The molecule has 4 heterocycles. The van der Waals surface area contributed by atoms with Gasteiger partial charge in [-0.2, -0.15) is 0 Å². The summed E-state index contributed by atoms with van der Waals surface area (Å²) in [7, 11) is 0. The number of nitrogens with one attached hydrogen (secondary N) is 1. The number of carbonyl (C=O) groups is 2. The van der Waals surface area contributed by atoms with Gasteiger partial charge in [0, 0.05) is 37.1 Å². The first kappa shape index (κ1) is 17.5. The fraction of sp³-hybridized carbons (Fsp3) is 0.389. The number of carbonyl (C=O) groups excluding carboxylic acids is 2. The number of anilines is 1. The van der Waals surface area contributed by atoms with Crippen molar-refractivity contribution in [3.63, 3.8) is 0 Å². The first-order chi connectivity index (χ1) is 13.1. The number of hydrogen-bond donors (Lipinski definition) is 1. The Hall–Kier alpha value is -2.94.